The molecule has 2 atom stereocenters. The zero-order valence-corrected chi connectivity index (χ0v) is 15.7. The van der Waals surface area contributed by atoms with Crippen molar-refractivity contribution in [1.29, 1.82) is 0 Å². The smallest absolute Gasteiger partial charge is 0.202 e. The number of aliphatic hydroxyl groups is 2. The zero-order valence-electron chi connectivity index (χ0n) is 15.7. The number of aliphatic hydroxyl groups excluding tert-OH is 2. The summed E-state index contributed by atoms with van der Waals surface area (Å²) < 4.78 is 5.75. The highest BCUT2D eigenvalue weighted by Gasteiger charge is 2.53. The number of ether oxygens (including phenoxy) is 1. The summed E-state index contributed by atoms with van der Waals surface area (Å²) in [4.78, 5) is 13.7. The molecular weight excluding hydrogens is 368 g/mol. The third-order valence-corrected chi connectivity index (χ3v) is 5.34. The first-order chi connectivity index (χ1) is 14.0. The quantitative estimate of drug-likeness (QED) is 0.595. The average Bonchev–Trinajstić information content (AvgIpc) is 2.77. The highest BCUT2D eigenvalue weighted by atomic mass is 16.5. The van der Waals surface area contributed by atoms with E-state index in [9.17, 15) is 20.1 Å². The van der Waals surface area contributed by atoms with Crippen LogP contribution >= 0.6 is 0 Å². The van der Waals surface area contributed by atoms with E-state index < -0.39 is 17.5 Å². The van der Waals surface area contributed by atoms with Crippen molar-refractivity contribution in [1.82, 2.24) is 0 Å². The number of hydrogen-bond acceptors (Lipinski definition) is 5. The van der Waals surface area contributed by atoms with Crippen molar-refractivity contribution in [3.63, 3.8) is 0 Å². The minimum Gasteiger partial charge on any atom is -0.509 e. The van der Waals surface area contributed by atoms with Gasteiger partial charge in [-0.15, -0.1) is 0 Å². The van der Waals surface area contributed by atoms with Gasteiger partial charge in [-0.1, -0.05) is 54.6 Å². The fraction of sp³-hybridized carbons (Fsp3) is 0.125. The van der Waals surface area contributed by atoms with Gasteiger partial charge in [0.1, 0.15) is 11.5 Å². The summed E-state index contributed by atoms with van der Waals surface area (Å²) in [6.07, 6.45) is -1.61. The lowest BCUT2D eigenvalue weighted by atomic mass is 9.73. The van der Waals surface area contributed by atoms with Gasteiger partial charge in [-0.05, 0) is 35.0 Å². The number of carbonyl (C=O) groups is 1. The summed E-state index contributed by atoms with van der Waals surface area (Å²) in [5.41, 5.74) is -0.458. The zero-order chi connectivity index (χ0) is 20.6. The topological polar surface area (TPSA) is 87.0 Å². The Morgan fingerprint density at radius 3 is 2.07 bits per heavy atom. The summed E-state index contributed by atoms with van der Waals surface area (Å²) in [7, 11) is 1.34. The molecule has 0 radical (unpaired) electrons. The molecule has 0 saturated heterocycles. The number of benzene rings is 3. The second-order valence-corrected chi connectivity index (χ2v) is 6.89. The molecule has 0 bridgehead atoms. The Balaban J connectivity index is 2.11. The Bertz CT molecular complexity index is 1180. The van der Waals surface area contributed by atoms with Gasteiger partial charge in [0.25, 0.3) is 0 Å². The third-order valence-electron chi connectivity index (χ3n) is 5.34. The highest BCUT2D eigenvalue weighted by molar-refractivity contribution is 6.12. The van der Waals surface area contributed by atoms with Gasteiger partial charge in [0.15, 0.2) is 11.7 Å². The van der Waals surface area contributed by atoms with Crippen LogP contribution in [0.15, 0.2) is 78.9 Å². The van der Waals surface area contributed by atoms with E-state index >= 15 is 0 Å². The molecule has 4 rings (SSSR count). The van der Waals surface area contributed by atoms with E-state index in [4.69, 9.17) is 4.74 Å². The maximum absolute atomic E-state index is 13.7. The lowest BCUT2D eigenvalue weighted by molar-refractivity contribution is -0.0283. The predicted octanol–water partition coefficient (Wildman–Crippen LogP) is 1.90. The molecule has 29 heavy (non-hydrogen) atoms. The molecule has 0 aliphatic heterocycles. The Morgan fingerprint density at radius 2 is 1.45 bits per heavy atom. The molecule has 2 unspecified atom stereocenters. The second-order valence-electron chi connectivity index (χ2n) is 6.89. The normalized spacial score (nSPS) is 21.0. The van der Waals surface area contributed by atoms with Crippen LogP contribution in [0.4, 0.5) is 0 Å². The Hall–Kier alpha value is -3.41. The Morgan fingerprint density at radius 1 is 0.862 bits per heavy atom. The molecule has 5 heteroatoms. The minimum atomic E-state index is -1.86. The van der Waals surface area contributed by atoms with Gasteiger partial charge in [0, 0.05) is 23.5 Å². The van der Waals surface area contributed by atoms with E-state index in [1.165, 1.54) is 31.4 Å². The van der Waals surface area contributed by atoms with Gasteiger partial charge in [-0.2, -0.15) is 0 Å². The predicted molar refractivity (Wildman–Crippen MR) is 109 cm³/mol. The lowest BCUT2D eigenvalue weighted by Crippen LogP contribution is -2.60. The number of hydrogen-bond donors (Lipinski definition) is 3. The van der Waals surface area contributed by atoms with E-state index in [0.717, 1.165) is 0 Å². The fourth-order valence-corrected chi connectivity index (χ4v) is 3.95. The molecule has 0 fully saturated rings. The van der Waals surface area contributed by atoms with Crippen molar-refractivity contribution in [2.24, 2.45) is 0 Å². The number of Topliss-reactive ketones (excluding diaryl/α,β-unsaturated/α-hetero) is 1. The van der Waals surface area contributed by atoms with Crippen LogP contribution in [0.3, 0.4) is 0 Å². The summed E-state index contributed by atoms with van der Waals surface area (Å²) in [5.74, 6) is -0.828. The third kappa shape index (κ3) is 2.83. The molecule has 1 aliphatic rings. The molecule has 5 nitrogen and oxygen atoms in total. The Labute approximate surface area is 167 Å². The van der Waals surface area contributed by atoms with Gasteiger partial charge in [0.2, 0.25) is 5.78 Å². The molecule has 0 heterocycles. The summed E-state index contributed by atoms with van der Waals surface area (Å²) in [6, 6.07) is 22.0. The van der Waals surface area contributed by atoms with Crippen molar-refractivity contribution in [3.8, 4) is 5.75 Å². The molecule has 3 aromatic rings. The first-order valence-electron chi connectivity index (χ1n) is 9.16. The Kier molecular flexibility index (Phi) is 4.70. The first kappa shape index (κ1) is 18.9. The SMILES string of the molecule is COC1(C(=O)c2ccc(O)cc2)C(c2ccccc2)=c2ccccc2=C(O)C1O. The average molecular weight is 388 g/mol. The van der Waals surface area contributed by atoms with E-state index in [1.807, 2.05) is 30.3 Å². The molecule has 0 spiro atoms. The molecule has 0 aromatic heterocycles. The monoisotopic (exact) mass is 388 g/mol. The second kappa shape index (κ2) is 7.20. The van der Waals surface area contributed by atoms with Crippen LogP contribution in [0.25, 0.3) is 11.3 Å². The number of fused-ring (bicyclic) bond motifs is 1. The number of phenolic OH excluding ortho intramolecular Hbond substituents is 1. The maximum atomic E-state index is 13.7. The van der Waals surface area contributed by atoms with E-state index in [-0.39, 0.29) is 17.1 Å². The molecular formula is C24H20O5. The number of aromatic hydroxyl groups is 1. The van der Waals surface area contributed by atoms with Gasteiger partial charge in [-0.3, -0.25) is 4.79 Å². The number of carbonyl (C=O) groups excluding carboxylic acids is 1. The van der Waals surface area contributed by atoms with E-state index in [0.29, 0.717) is 21.6 Å². The van der Waals surface area contributed by atoms with Crippen molar-refractivity contribution >= 4 is 17.1 Å². The van der Waals surface area contributed by atoms with Crippen LogP contribution in [-0.4, -0.2) is 39.9 Å². The summed E-state index contributed by atoms with van der Waals surface area (Å²) in [5, 5.41) is 32.6. The molecule has 0 saturated carbocycles. The minimum absolute atomic E-state index is 0.0178. The molecule has 146 valence electrons. The van der Waals surface area contributed by atoms with Crippen molar-refractivity contribution in [2.75, 3.05) is 7.11 Å². The van der Waals surface area contributed by atoms with Crippen LogP contribution in [-0.2, 0) is 4.74 Å². The van der Waals surface area contributed by atoms with Gasteiger partial charge in [0.05, 0.1) is 0 Å². The molecule has 3 aromatic carbocycles. The van der Waals surface area contributed by atoms with Crippen LogP contribution in [0.2, 0.25) is 0 Å². The number of rotatable bonds is 4. The van der Waals surface area contributed by atoms with Crippen LogP contribution < -0.4 is 10.4 Å². The van der Waals surface area contributed by atoms with Crippen LogP contribution in [0.5, 0.6) is 5.75 Å². The summed E-state index contributed by atoms with van der Waals surface area (Å²) >= 11 is 0. The van der Waals surface area contributed by atoms with Crippen LogP contribution in [0.1, 0.15) is 15.9 Å². The summed E-state index contributed by atoms with van der Waals surface area (Å²) in [6.45, 7) is 0. The lowest BCUT2D eigenvalue weighted by Gasteiger charge is -2.39. The fourth-order valence-electron chi connectivity index (χ4n) is 3.95. The van der Waals surface area contributed by atoms with Gasteiger partial charge in [-0.25, -0.2) is 0 Å². The van der Waals surface area contributed by atoms with Gasteiger partial charge >= 0.3 is 0 Å². The van der Waals surface area contributed by atoms with Gasteiger partial charge < -0.3 is 20.1 Å². The standard InChI is InChI=1S/C24H20O5/c1-29-24(22(27)16-11-13-17(25)14-12-16)20(15-7-3-2-4-8-15)18-9-5-6-10-19(18)21(26)23(24)28/h2-14,23,25-26,28H,1H3. The molecule has 3 N–H and O–H groups in total. The van der Waals surface area contributed by atoms with E-state index in [1.54, 1.807) is 24.3 Å². The number of ketones is 1. The van der Waals surface area contributed by atoms with Crippen molar-refractivity contribution in [3.05, 3.63) is 100 Å². The molecule has 0 amide bonds. The number of phenols is 1. The molecule has 1 aliphatic carbocycles. The van der Waals surface area contributed by atoms with Crippen molar-refractivity contribution in [2.45, 2.75) is 11.7 Å². The number of methoxy groups -OCH3 is 1. The maximum Gasteiger partial charge on any atom is 0.202 e. The largest absolute Gasteiger partial charge is 0.509 e. The van der Waals surface area contributed by atoms with E-state index in [2.05, 4.69) is 0 Å². The van der Waals surface area contributed by atoms with Crippen LogP contribution in [0, 0.1) is 0 Å². The first-order valence-corrected chi connectivity index (χ1v) is 9.16. The van der Waals surface area contributed by atoms with Crippen molar-refractivity contribution < 1.29 is 24.9 Å². The highest BCUT2D eigenvalue weighted by Crippen LogP contribution is 2.38.